The molecular weight excluding hydrogens is 292 g/mol. The quantitative estimate of drug-likeness (QED) is 0.699. The van der Waals surface area contributed by atoms with Crippen molar-refractivity contribution in [3.8, 4) is 0 Å². The predicted octanol–water partition coefficient (Wildman–Crippen LogP) is 3.13. The van der Waals surface area contributed by atoms with E-state index in [0.717, 1.165) is 24.6 Å². The van der Waals surface area contributed by atoms with Crippen molar-refractivity contribution in [3.63, 3.8) is 0 Å². The van der Waals surface area contributed by atoms with Crippen molar-refractivity contribution in [2.45, 2.75) is 12.3 Å². The van der Waals surface area contributed by atoms with Gasteiger partial charge in [0.15, 0.2) is 11.9 Å². The van der Waals surface area contributed by atoms with Gasteiger partial charge in [-0.2, -0.15) is 13.2 Å². The second-order valence-electron chi connectivity index (χ2n) is 4.42. The van der Waals surface area contributed by atoms with Crippen LogP contribution in [-0.4, -0.2) is 28.3 Å². The van der Waals surface area contributed by atoms with Gasteiger partial charge in [0.05, 0.1) is 23.1 Å². The van der Waals surface area contributed by atoms with Crippen LogP contribution in [0.5, 0.6) is 0 Å². The molecule has 0 saturated heterocycles. The summed E-state index contributed by atoms with van der Waals surface area (Å²) in [7, 11) is 0. The molecule has 0 aromatic rings. The van der Waals surface area contributed by atoms with E-state index in [1.807, 2.05) is 0 Å². The first-order chi connectivity index (χ1) is 9.84. The molecule has 4 nitrogen and oxygen atoms in total. The molecule has 3 aliphatic rings. The molecular formula is C13H8F4N2O2. The minimum absolute atomic E-state index is 0.0439. The van der Waals surface area contributed by atoms with Crippen molar-refractivity contribution in [3.05, 3.63) is 59.6 Å². The summed E-state index contributed by atoms with van der Waals surface area (Å²) >= 11 is 0. The zero-order valence-corrected chi connectivity index (χ0v) is 10.3. The third-order valence-electron chi connectivity index (χ3n) is 2.97. The maximum Gasteiger partial charge on any atom is 0.416 e. The van der Waals surface area contributed by atoms with E-state index in [0.29, 0.717) is 5.06 Å². The molecule has 8 heteroatoms. The van der Waals surface area contributed by atoms with Gasteiger partial charge >= 0.3 is 6.18 Å². The summed E-state index contributed by atoms with van der Waals surface area (Å²) in [5, 5.41) is 9.57. The van der Waals surface area contributed by atoms with Gasteiger partial charge < -0.3 is 4.74 Å². The number of allylic oxidation sites excluding steroid dienone is 5. The molecule has 110 valence electrons. The number of hydroxylamine groups is 2. The van der Waals surface area contributed by atoms with Crippen LogP contribution < -0.4 is 0 Å². The van der Waals surface area contributed by atoms with Crippen molar-refractivity contribution in [2.75, 3.05) is 0 Å². The second-order valence-corrected chi connectivity index (χ2v) is 4.42. The maximum absolute atomic E-state index is 13.7. The molecule has 0 spiro atoms. The summed E-state index contributed by atoms with van der Waals surface area (Å²) in [4.78, 5) is 3.89. The van der Waals surface area contributed by atoms with Crippen molar-refractivity contribution >= 4 is 5.71 Å². The standard InChI is InChI=1S/C13H8F4N2O2/c14-9-6-19(20)4-3-8(9)12-18-10-5-7(13(15,16)17)1-2-11(10)21-12/h1-6,11,20H. The highest BCUT2D eigenvalue weighted by Crippen LogP contribution is 2.34. The van der Waals surface area contributed by atoms with Gasteiger partial charge in [-0.15, -0.1) is 0 Å². The summed E-state index contributed by atoms with van der Waals surface area (Å²) in [6, 6.07) is 0. The molecule has 1 N–H and O–H groups in total. The van der Waals surface area contributed by atoms with Crippen LogP contribution >= 0.6 is 0 Å². The molecule has 0 amide bonds. The number of ether oxygens (including phenoxy) is 1. The fourth-order valence-corrected chi connectivity index (χ4v) is 1.97. The normalized spacial score (nSPS) is 28.0. The molecule has 0 fully saturated rings. The van der Waals surface area contributed by atoms with E-state index in [1.54, 1.807) is 0 Å². The van der Waals surface area contributed by atoms with Crippen LogP contribution in [0.4, 0.5) is 17.6 Å². The molecule has 2 heterocycles. The third-order valence-corrected chi connectivity index (χ3v) is 2.97. The Kier molecular flexibility index (Phi) is 2.98. The van der Waals surface area contributed by atoms with E-state index in [4.69, 9.17) is 9.94 Å². The lowest BCUT2D eigenvalue weighted by Gasteiger charge is -2.15. The van der Waals surface area contributed by atoms with Gasteiger partial charge in [0.2, 0.25) is 5.88 Å². The zero-order valence-electron chi connectivity index (χ0n) is 10.3. The Balaban J connectivity index is 1.97. The smallest absolute Gasteiger partial charge is 0.416 e. The average molecular weight is 300 g/mol. The summed E-state index contributed by atoms with van der Waals surface area (Å²) < 4.78 is 56.8. The SMILES string of the molecule is ON1C=CC(=C2N=C3C=C(C(F)(F)F)C=CC3O2)C(F)=C1. The molecule has 1 aliphatic carbocycles. The third kappa shape index (κ3) is 2.49. The molecule has 21 heavy (non-hydrogen) atoms. The Morgan fingerprint density at radius 3 is 2.71 bits per heavy atom. The highest BCUT2D eigenvalue weighted by atomic mass is 19.4. The number of hydrogen-bond donors (Lipinski definition) is 1. The van der Waals surface area contributed by atoms with E-state index in [2.05, 4.69) is 4.99 Å². The zero-order chi connectivity index (χ0) is 15.2. The Morgan fingerprint density at radius 2 is 2.05 bits per heavy atom. The molecule has 0 aromatic heterocycles. The summed E-state index contributed by atoms with van der Waals surface area (Å²) in [6.07, 6.45) is 0.885. The monoisotopic (exact) mass is 300 g/mol. The predicted molar refractivity (Wildman–Crippen MR) is 64.6 cm³/mol. The molecule has 0 radical (unpaired) electrons. The molecule has 0 saturated carbocycles. The number of fused-ring (bicyclic) bond motifs is 1. The fourth-order valence-electron chi connectivity index (χ4n) is 1.97. The van der Waals surface area contributed by atoms with E-state index in [9.17, 15) is 17.6 Å². The Labute approximate surface area is 116 Å². The van der Waals surface area contributed by atoms with E-state index < -0.39 is 23.7 Å². The first-order valence-electron chi connectivity index (χ1n) is 5.84. The van der Waals surface area contributed by atoms with Gasteiger partial charge in [0.25, 0.3) is 0 Å². The van der Waals surface area contributed by atoms with Crippen molar-refractivity contribution in [1.29, 1.82) is 0 Å². The van der Waals surface area contributed by atoms with Crippen molar-refractivity contribution in [2.24, 2.45) is 4.99 Å². The lowest BCUT2D eigenvalue weighted by molar-refractivity contribution is -0.0882. The average Bonchev–Trinajstić information content (AvgIpc) is 2.79. The Bertz CT molecular complexity index is 668. The molecule has 1 atom stereocenters. The highest BCUT2D eigenvalue weighted by molar-refractivity contribution is 6.04. The van der Waals surface area contributed by atoms with Gasteiger partial charge in [-0.25, -0.2) is 14.4 Å². The lowest BCUT2D eigenvalue weighted by Crippen LogP contribution is -2.21. The van der Waals surface area contributed by atoms with Crippen LogP contribution in [-0.2, 0) is 4.74 Å². The topological polar surface area (TPSA) is 45.1 Å². The largest absolute Gasteiger partial charge is 0.463 e. The van der Waals surface area contributed by atoms with Gasteiger partial charge in [0, 0.05) is 6.20 Å². The molecule has 0 aromatic carbocycles. The minimum atomic E-state index is -4.48. The molecule has 3 rings (SSSR count). The van der Waals surface area contributed by atoms with Crippen molar-refractivity contribution in [1.82, 2.24) is 5.06 Å². The number of halogens is 4. The van der Waals surface area contributed by atoms with Crippen LogP contribution in [0.2, 0.25) is 0 Å². The number of aliphatic imine (C=N–C) groups is 1. The first kappa shape index (κ1) is 13.6. The second kappa shape index (κ2) is 4.59. The van der Waals surface area contributed by atoms with Crippen LogP contribution in [0.25, 0.3) is 0 Å². The fraction of sp³-hybridized carbons (Fsp3) is 0.154. The van der Waals surface area contributed by atoms with Crippen LogP contribution in [0, 0.1) is 0 Å². The lowest BCUT2D eigenvalue weighted by atomic mass is 10.0. The molecule has 1 unspecified atom stereocenters. The number of hydrogen-bond acceptors (Lipinski definition) is 4. The van der Waals surface area contributed by atoms with Crippen molar-refractivity contribution < 1.29 is 27.5 Å². The van der Waals surface area contributed by atoms with E-state index >= 15 is 0 Å². The van der Waals surface area contributed by atoms with Gasteiger partial charge in [-0.3, -0.25) is 5.21 Å². The number of alkyl halides is 3. The summed E-state index contributed by atoms with van der Waals surface area (Å²) in [5.41, 5.74) is -0.832. The Hall–Kier alpha value is -2.35. The van der Waals surface area contributed by atoms with Gasteiger partial charge in [-0.1, -0.05) is 0 Å². The number of nitrogens with zero attached hydrogens (tertiary/aromatic N) is 2. The maximum atomic E-state index is 13.7. The molecule has 0 bridgehead atoms. The minimum Gasteiger partial charge on any atom is -0.463 e. The van der Waals surface area contributed by atoms with Crippen LogP contribution in [0.1, 0.15) is 0 Å². The van der Waals surface area contributed by atoms with E-state index in [1.165, 1.54) is 12.2 Å². The Morgan fingerprint density at radius 1 is 1.29 bits per heavy atom. The van der Waals surface area contributed by atoms with E-state index in [-0.39, 0.29) is 17.2 Å². The summed E-state index contributed by atoms with van der Waals surface area (Å²) in [6.45, 7) is 0. The van der Waals surface area contributed by atoms with Crippen LogP contribution in [0.3, 0.4) is 0 Å². The number of rotatable bonds is 0. The van der Waals surface area contributed by atoms with Gasteiger partial charge in [0.1, 0.15) is 0 Å². The summed E-state index contributed by atoms with van der Waals surface area (Å²) in [5.74, 6) is -0.931. The van der Waals surface area contributed by atoms with Crippen LogP contribution in [0.15, 0.2) is 64.6 Å². The first-order valence-corrected chi connectivity index (χ1v) is 5.84. The van der Waals surface area contributed by atoms with Gasteiger partial charge in [-0.05, 0) is 24.3 Å². The molecule has 2 aliphatic heterocycles. The highest BCUT2D eigenvalue weighted by Gasteiger charge is 2.37.